The van der Waals surface area contributed by atoms with Gasteiger partial charge < -0.3 is 19.8 Å². The molecule has 6 nitrogen and oxygen atoms in total. The Morgan fingerprint density at radius 1 is 1.52 bits per heavy atom. The first-order chi connectivity index (χ1) is 9.51. The van der Waals surface area contributed by atoms with Crippen molar-refractivity contribution in [3.05, 3.63) is 23.2 Å². The van der Waals surface area contributed by atoms with E-state index >= 15 is 0 Å². The van der Waals surface area contributed by atoms with E-state index in [-0.39, 0.29) is 29.9 Å². The van der Waals surface area contributed by atoms with E-state index in [1.165, 1.54) is 7.11 Å². The molecule has 21 heavy (non-hydrogen) atoms. The number of aryl methyl sites for hydroxylation is 1. The lowest BCUT2D eigenvalue weighted by Gasteiger charge is -2.15. The van der Waals surface area contributed by atoms with E-state index in [2.05, 4.69) is 34.2 Å². The molecule has 1 aromatic heterocycles. The van der Waals surface area contributed by atoms with Gasteiger partial charge in [0, 0.05) is 13.1 Å². The molecule has 0 saturated carbocycles. The highest BCUT2D eigenvalue weighted by Gasteiger charge is 2.15. The molecule has 0 aliphatic heterocycles. The lowest BCUT2D eigenvalue weighted by atomic mass is 10.2. The number of carbonyl (C=O) groups excluding carboxylic acids is 1. The number of methoxy groups -OCH3 is 1. The molecule has 0 aliphatic rings. The Bertz CT molecular complexity index is 486. The number of nitrogens with one attached hydrogen (secondary N) is 2. The molecule has 120 valence electrons. The average molecular weight is 409 g/mol. The van der Waals surface area contributed by atoms with Crippen molar-refractivity contribution >= 4 is 35.9 Å². The number of aliphatic imine (C=N–C) groups is 1. The summed E-state index contributed by atoms with van der Waals surface area (Å²) in [6, 6.07) is 2.02. The van der Waals surface area contributed by atoms with Gasteiger partial charge >= 0.3 is 5.97 Å². The van der Waals surface area contributed by atoms with E-state index in [0.717, 1.165) is 6.42 Å². The number of guanidine groups is 1. The largest absolute Gasteiger partial charge is 0.465 e. The molecule has 0 amide bonds. The van der Waals surface area contributed by atoms with Crippen molar-refractivity contribution in [3.8, 4) is 0 Å². The molecule has 2 N–H and O–H groups in total. The van der Waals surface area contributed by atoms with Crippen molar-refractivity contribution in [1.29, 1.82) is 0 Å². The minimum absolute atomic E-state index is 0. The molecule has 7 heteroatoms. The SMILES string of the molecule is CCC(C)NC(=NC)NCc1cc(C(=O)OC)c(C)o1.I. The van der Waals surface area contributed by atoms with Gasteiger partial charge in [0.25, 0.3) is 0 Å². The summed E-state index contributed by atoms with van der Waals surface area (Å²) < 4.78 is 10.2. The van der Waals surface area contributed by atoms with E-state index in [0.29, 0.717) is 35.6 Å². The topological polar surface area (TPSA) is 75.9 Å². The van der Waals surface area contributed by atoms with Crippen LogP contribution in [-0.4, -0.2) is 32.1 Å². The summed E-state index contributed by atoms with van der Waals surface area (Å²) in [6.07, 6.45) is 1.01. The van der Waals surface area contributed by atoms with E-state index in [1.807, 2.05) is 0 Å². The maximum Gasteiger partial charge on any atom is 0.341 e. The monoisotopic (exact) mass is 409 g/mol. The molecule has 0 bridgehead atoms. The summed E-state index contributed by atoms with van der Waals surface area (Å²) in [5, 5.41) is 6.39. The number of ether oxygens (including phenoxy) is 1. The van der Waals surface area contributed by atoms with E-state index in [9.17, 15) is 4.79 Å². The first-order valence-corrected chi connectivity index (χ1v) is 6.66. The van der Waals surface area contributed by atoms with Crippen molar-refractivity contribution < 1.29 is 13.9 Å². The molecule has 0 radical (unpaired) electrons. The number of esters is 1. The minimum atomic E-state index is -0.389. The van der Waals surface area contributed by atoms with Gasteiger partial charge in [-0.2, -0.15) is 0 Å². The molecule has 1 unspecified atom stereocenters. The highest BCUT2D eigenvalue weighted by Crippen LogP contribution is 2.15. The molecule has 1 atom stereocenters. The summed E-state index contributed by atoms with van der Waals surface area (Å²) in [7, 11) is 3.07. The van der Waals surface area contributed by atoms with Gasteiger partial charge in [0.1, 0.15) is 17.1 Å². The van der Waals surface area contributed by atoms with Gasteiger partial charge in [0.15, 0.2) is 5.96 Å². The minimum Gasteiger partial charge on any atom is -0.465 e. The van der Waals surface area contributed by atoms with Crippen LogP contribution < -0.4 is 10.6 Å². The van der Waals surface area contributed by atoms with Crippen LogP contribution >= 0.6 is 24.0 Å². The van der Waals surface area contributed by atoms with Gasteiger partial charge in [-0.25, -0.2) is 4.79 Å². The van der Waals surface area contributed by atoms with Crippen LogP contribution in [0.4, 0.5) is 0 Å². The van der Waals surface area contributed by atoms with Crippen LogP contribution in [0.2, 0.25) is 0 Å². The highest BCUT2D eigenvalue weighted by molar-refractivity contribution is 14.0. The van der Waals surface area contributed by atoms with Crippen LogP contribution in [-0.2, 0) is 11.3 Å². The smallest absolute Gasteiger partial charge is 0.341 e. The van der Waals surface area contributed by atoms with Crippen LogP contribution in [0.5, 0.6) is 0 Å². The first-order valence-electron chi connectivity index (χ1n) is 6.66. The Hall–Kier alpha value is -1.25. The van der Waals surface area contributed by atoms with Crippen LogP contribution in [0.15, 0.2) is 15.5 Å². The summed E-state index contributed by atoms with van der Waals surface area (Å²) in [4.78, 5) is 15.6. The van der Waals surface area contributed by atoms with Crippen molar-refractivity contribution in [3.63, 3.8) is 0 Å². The fourth-order valence-electron chi connectivity index (χ4n) is 1.64. The molecule has 1 rings (SSSR count). The Balaban J connectivity index is 0.00000400. The number of furan rings is 1. The van der Waals surface area contributed by atoms with Crippen molar-refractivity contribution in [2.45, 2.75) is 39.8 Å². The van der Waals surface area contributed by atoms with E-state index in [1.54, 1.807) is 20.0 Å². The Labute approximate surface area is 142 Å². The number of hydrogen-bond donors (Lipinski definition) is 2. The van der Waals surface area contributed by atoms with Gasteiger partial charge in [-0.05, 0) is 26.3 Å². The number of carbonyl (C=O) groups is 1. The number of nitrogens with zero attached hydrogens (tertiary/aromatic N) is 1. The lowest BCUT2D eigenvalue weighted by Crippen LogP contribution is -2.41. The highest BCUT2D eigenvalue weighted by atomic mass is 127. The molecule has 0 fully saturated rings. The molecule has 0 aliphatic carbocycles. The Kier molecular flexibility index (Phi) is 9.07. The molecule has 1 aromatic rings. The maximum absolute atomic E-state index is 11.5. The van der Waals surface area contributed by atoms with Crippen LogP contribution in [0.1, 0.15) is 42.1 Å². The fourth-order valence-corrected chi connectivity index (χ4v) is 1.64. The van der Waals surface area contributed by atoms with Crippen molar-refractivity contribution in [2.75, 3.05) is 14.2 Å². The number of hydrogen-bond acceptors (Lipinski definition) is 4. The molecule has 0 saturated heterocycles. The van der Waals surface area contributed by atoms with Crippen LogP contribution in [0, 0.1) is 6.92 Å². The second-order valence-corrected chi connectivity index (χ2v) is 4.55. The van der Waals surface area contributed by atoms with Crippen molar-refractivity contribution in [2.24, 2.45) is 4.99 Å². The van der Waals surface area contributed by atoms with E-state index in [4.69, 9.17) is 4.42 Å². The average Bonchev–Trinajstić information content (AvgIpc) is 2.83. The van der Waals surface area contributed by atoms with Crippen LogP contribution in [0.3, 0.4) is 0 Å². The van der Waals surface area contributed by atoms with Crippen LogP contribution in [0.25, 0.3) is 0 Å². The first kappa shape index (κ1) is 19.8. The van der Waals surface area contributed by atoms with Gasteiger partial charge in [-0.3, -0.25) is 4.99 Å². The Morgan fingerprint density at radius 2 is 2.19 bits per heavy atom. The van der Waals surface area contributed by atoms with Gasteiger partial charge in [-0.1, -0.05) is 6.92 Å². The lowest BCUT2D eigenvalue weighted by molar-refractivity contribution is 0.0599. The zero-order chi connectivity index (χ0) is 15.1. The standard InChI is InChI=1S/C14H23N3O3.HI/c1-6-9(2)17-14(15-4)16-8-11-7-12(10(3)20-11)13(18)19-5;/h7,9H,6,8H2,1-5H3,(H2,15,16,17);1H. The molecule has 0 aromatic carbocycles. The zero-order valence-electron chi connectivity index (χ0n) is 13.1. The van der Waals surface area contributed by atoms with Gasteiger partial charge in [-0.15, -0.1) is 24.0 Å². The quantitative estimate of drug-likeness (QED) is 0.338. The predicted molar refractivity (Wildman–Crippen MR) is 93.3 cm³/mol. The maximum atomic E-state index is 11.5. The second-order valence-electron chi connectivity index (χ2n) is 4.55. The third-order valence-electron chi connectivity index (χ3n) is 3.02. The van der Waals surface area contributed by atoms with Crippen molar-refractivity contribution in [1.82, 2.24) is 10.6 Å². The zero-order valence-corrected chi connectivity index (χ0v) is 15.5. The Morgan fingerprint density at radius 3 is 2.71 bits per heavy atom. The predicted octanol–water partition coefficient (Wildman–Crippen LogP) is 2.46. The summed E-state index contributed by atoms with van der Waals surface area (Å²) in [5.74, 6) is 1.53. The molecular formula is C14H24IN3O3. The van der Waals surface area contributed by atoms with Gasteiger partial charge in [0.05, 0.1) is 13.7 Å². The number of halogens is 1. The summed E-state index contributed by atoms with van der Waals surface area (Å²) in [6.45, 7) is 6.37. The fraction of sp³-hybridized carbons (Fsp3) is 0.571. The second kappa shape index (κ2) is 9.64. The number of rotatable bonds is 5. The third kappa shape index (κ3) is 5.94. The normalized spacial score (nSPS) is 12.3. The van der Waals surface area contributed by atoms with E-state index < -0.39 is 0 Å². The molecular weight excluding hydrogens is 385 g/mol. The molecule has 1 heterocycles. The summed E-state index contributed by atoms with van der Waals surface area (Å²) in [5.41, 5.74) is 0.453. The third-order valence-corrected chi connectivity index (χ3v) is 3.02. The molecule has 0 spiro atoms. The summed E-state index contributed by atoms with van der Waals surface area (Å²) >= 11 is 0. The van der Waals surface area contributed by atoms with Gasteiger partial charge in [0.2, 0.25) is 0 Å².